The van der Waals surface area contributed by atoms with E-state index in [0.717, 1.165) is 29.0 Å². The second-order valence-corrected chi connectivity index (χ2v) is 10.4. The Morgan fingerprint density at radius 3 is 2.71 bits per heavy atom. The van der Waals surface area contributed by atoms with Gasteiger partial charge in [-0.15, -0.1) is 0 Å². The fraction of sp³-hybridized carbons (Fsp3) is 0.433. The van der Waals surface area contributed by atoms with Crippen molar-refractivity contribution in [2.24, 2.45) is 17.3 Å². The minimum atomic E-state index is -2.12. The normalized spacial score (nSPS) is 31.0. The molecule has 3 aliphatic carbocycles. The Bertz CT molecular complexity index is 1210. The number of fused-ring (bicyclic) bond motifs is 5. The topological polar surface area (TPSA) is 12.9 Å². The summed E-state index contributed by atoms with van der Waals surface area (Å²) in [6.07, 6.45) is 11.1. The number of rotatable bonds is 2. The van der Waals surface area contributed by atoms with Gasteiger partial charge in [-0.3, -0.25) is 4.98 Å². The summed E-state index contributed by atoms with van der Waals surface area (Å²) in [6.45, 7) is 0.447. The maximum atomic E-state index is 7.57. The van der Waals surface area contributed by atoms with E-state index in [2.05, 4.69) is 48.3 Å². The smallest absolute Gasteiger partial charge is 0.0702 e. The van der Waals surface area contributed by atoms with Crippen molar-refractivity contribution in [3.05, 3.63) is 77.5 Å². The van der Waals surface area contributed by atoms with E-state index in [1.54, 1.807) is 17.2 Å². The summed E-state index contributed by atoms with van der Waals surface area (Å²) in [4.78, 5) is 4.44. The van der Waals surface area contributed by atoms with Gasteiger partial charge >= 0.3 is 0 Å². The van der Waals surface area contributed by atoms with Gasteiger partial charge in [-0.2, -0.15) is 0 Å². The fourth-order valence-electron chi connectivity index (χ4n) is 7.18. The quantitative estimate of drug-likeness (QED) is 0.417. The van der Waals surface area contributed by atoms with Crippen LogP contribution in [0.2, 0.25) is 0 Å². The molecule has 1 aromatic heterocycles. The van der Waals surface area contributed by atoms with Gasteiger partial charge in [-0.25, -0.2) is 0 Å². The van der Waals surface area contributed by atoms with E-state index < -0.39 is 6.85 Å². The first-order chi connectivity index (χ1) is 16.3. The van der Waals surface area contributed by atoms with E-state index in [4.69, 9.17) is 4.11 Å². The molecule has 0 aliphatic heterocycles. The van der Waals surface area contributed by atoms with Crippen LogP contribution in [0.3, 0.4) is 0 Å². The van der Waals surface area contributed by atoms with Crippen molar-refractivity contribution in [3.8, 4) is 22.4 Å². The maximum Gasteiger partial charge on any atom is 0.0702 e. The first-order valence-corrected chi connectivity index (χ1v) is 12.0. The molecule has 1 nitrogen and oxygen atoms in total. The lowest BCUT2D eigenvalue weighted by Gasteiger charge is -2.49. The van der Waals surface area contributed by atoms with Crippen LogP contribution in [0, 0.1) is 24.1 Å². The van der Waals surface area contributed by atoms with Crippen molar-refractivity contribution in [2.45, 2.75) is 64.6 Å². The third-order valence-electron chi connectivity index (χ3n) is 8.76. The van der Waals surface area contributed by atoms with Crippen molar-refractivity contribution in [2.75, 3.05) is 0 Å². The monoisotopic (exact) mass is 410 g/mol. The van der Waals surface area contributed by atoms with Crippen molar-refractivity contribution in [3.63, 3.8) is 0 Å². The van der Waals surface area contributed by atoms with E-state index >= 15 is 0 Å². The van der Waals surface area contributed by atoms with Gasteiger partial charge < -0.3 is 0 Å². The van der Waals surface area contributed by atoms with E-state index in [9.17, 15) is 0 Å². The molecule has 1 heteroatoms. The molecule has 0 N–H and O–H groups in total. The zero-order chi connectivity index (χ0) is 23.5. The van der Waals surface area contributed by atoms with Gasteiger partial charge in [0, 0.05) is 15.9 Å². The van der Waals surface area contributed by atoms with Crippen LogP contribution in [0.4, 0.5) is 0 Å². The second-order valence-electron chi connectivity index (χ2n) is 10.4. The van der Waals surface area contributed by atoms with Crippen molar-refractivity contribution in [1.29, 1.82) is 0 Å². The number of nitrogens with zero attached hydrogens (tertiary/aromatic N) is 1. The number of aromatic nitrogens is 1. The first kappa shape index (κ1) is 16.3. The molecule has 158 valence electrons. The number of benzene rings is 2. The average molecular weight is 411 g/mol. The van der Waals surface area contributed by atoms with Gasteiger partial charge in [0.05, 0.1) is 5.69 Å². The molecular formula is C30H33N. The van der Waals surface area contributed by atoms with Gasteiger partial charge in [0.1, 0.15) is 0 Å². The van der Waals surface area contributed by atoms with Crippen molar-refractivity contribution < 1.29 is 4.11 Å². The Morgan fingerprint density at radius 2 is 1.84 bits per heavy atom. The van der Waals surface area contributed by atoms with Gasteiger partial charge in [-0.05, 0) is 108 Å². The molecule has 0 unspecified atom stereocenters. The van der Waals surface area contributed by atoms with Crippen LogP contribution < -0.4 is 0 Å². The molecule has 6 rings (SSSR count). The van der Waals surface area contributed by atoms with Crippen molar-refractivity contribution >= 4 is 0 Å². The first-order valence-electron chi connectivity index (χ1n) is 13.5. The van der Waals surface area contributed by atoms with Gasteiger partial charge in [-0.1, -0.05) is 55.8 Å². The Labute approximate surface area is 191 Å². The summed E-state index contributed by atoms with van der Waals surface area (Å²) in [5.41, 5.74) is 8.32. The highest BCUT2D eigenvalue weighted by molar-refractivity contribution is 5.72. The second kappa shape index (κ2) is 7.33. The Morgan fingerprint density at radius 1 is 0.935 bits per heavy atom. The molecule has 31 heavy (non-hydrogen) atoms. The fourth-order valence-corrected chi connectivity index (χ4v) is 7.18. The minimum Gasteiger partial charge on any atom is -0.256 e. The van der Waals surface area contributed by atoms with E-state index in [-0.39, 0.29) is 5.56 Å². The Balaban J connectivity index is 1.28. The molecule has 0 amide bonds. The van der Waals surface area contributed by atoms with E-state index in [1.807, 2.05) is 12.1 Å². The molecule has 1 heterocycles. The van der Waals surface area contributed by atoms with E-state index in [0.29, 0.717) is 5.41 Å². The number of hydrogen-bond donors (Lipinski definition) is 0. The zero-order valence-electron chi connectivity index (χ0n) is 21.4. The highest BCUT2D eigenvalue weighted by Gasteiger charge is 2.50. The maximum absolute atomic E-state index is 7.57. The molecule has 3 aliphatic rings. The number of hydrogen-bond acceptors (Lipinski definition) is 1. The Kier molecular flexibility index (Phi) is 3.84. The van der Waals surface area contributed by atoms with Crippen LogP contribution in [0.5, 0.6) is 0 Å². The summed E-state index contributed by atoms with van der Waals surface area (Å²) in [7, 11) is 0. The molecular weight excluding hydrogens is 374 g/mol. The lowest BCUT2D eigenvalue weighted by molar-refractivity contribution is 0.0599. The minimum absolute atomic E-state index is 0.279. The van der Waals surface area contributed by atoms with Crippen molar-refractivity contribution in [1.82, 2.24) is 4.98 Å². The molecule has 4 atom stereocenters. The third kappa shape index (κ3) is 3.25. The summed E-state index contributed by atoms with van der Waals surface area (Å²) in [6, 6.07) is 19.1. The molecule has 0 radical (unpaired) electrons. The molecule has 0 spiro atoms. The standard InChI is InChI=1S/C30H33N/c1-20-8-13-29(31-19-20)24-6-3-5-21(18-24)22-9-11-25-23(17-22)10-12-27-26(25)14-16-30(2)15-4-7-28(27)30/h3,5-6,8-9,11,13,17-19,26-28H,4,7,10,12,14-16H2,1-2H3/t26-,27-,28+,30+/m1/s1/i1D3. The predicted molar refractivity (Wildman–Crippen MR) is 129 cm³/mol. The summed E-state index contributed by atoms with van der Waals surface area (Å²) >= 11 is 0. The molecule has 2 fully saturated rings. The lowest BCUT2D eigenvalue weighted by Crippen LogP contribution is -2.39. The summed E-state index contributed by atoms with van der Waals surface area (Å²) < 4.78 is 22.7. The number of aryl methyl sites for hydroxylation is 2. The highest BCUT2D eigenvalue weighted by Crippen LogP contribution is 2.60. The average Bonchev–Trinajstić information content (AvgIpc) is 3.25. The van der Waals surface area contributed by atoms with Crippen LogP contribution >= 0.6 is 0 Å². The molecule has 2 saturated carbocycles. The molecule has 2 aromatic carbocycles. The molecule has 3 aromatic rings. The predicted octanol–water partition coefficient (Wildman–Crippen LogP) is 7.97. The lowest BCUT2D eigenvalue weighted by atomic mass is 9.56. The SMILES string of the molecule is [2H]C([2H])([2H])c1ccc(-c2cccc(-c3ccc4c(c3)CC[C@@H]3[C@@H]4CC[C@]4(C)CCC[C@@H]34)c2)nc1. The van der Waals surface area contributed by atoms with Gasteiger partial charge in [0.25, 0.3) is 0 Å². The Hall–Kier alpha value is -2.41. The largest absolute Gasteiger partial charge is 0.256 e. The van der Waals surface area contributed by atoms with Gasteiger partial charge in [0.15, 0.2) is 0 Å². The van der Waals surface area contributed by atoms with Gasteiger partial charge in [0.2, 0.25) is 0 Å². The van der Waals surface area contributed by atoms with Crippen LogP contribution in [0.25, 0.3) is 22.4 Å². The van der Waals surface area contributed by atoms with Crippen LogP contribution in [-0.2, 0) is 6.42 Å². The highest BCUT2D eigenvalue weighted by atomic mass is 14.7. The summed E-state index contributed by atoms with van der Waals surface area (Å²) in [5, 5.41) is 0. The summed E-state index contributed by atoms with van der Waals surface area (Å²) in [5.74, 6) is 2.56. The van der Waals surface area contributed by atoms with Crippen LogP contribution in [0.1, 0.15) is 72.2 Å². The third-order valence-corrected chi connectivity index (χ3v) is 8.76. The number of pyridine rings is 1. The van der Waals surface area contributed by atoms with Crippen LogP contribution in [0.15, 0.2) is 60.8 Å². The zero-order valence-corrected chi connectivity index (χ0v) is 18.4. The molecule has 0 saturated heterocycles. The molecule has 0 bridgehead atoms. The van der Waals surface area contributed by atoms with E-state index in [1.165, 1.54) is 62.3 Å². The van der Waals surface area contributed by atoms with Crippen LogP contribution in [-0.4, -0.2) is 4.98 Å².